The van der Waals surface area contributed by atoms with Crippen molar-refractivity contribution in [3.8, 4) is 0 Å². The van der Waals surface area contributed by atoms with Crippen LogP contribution in [-0.2, 0) is 11.3 Å². The number of amides is 1. The number of aromatic nitrogens is 2. The smallest absolute Gasteiger partial charge is 0.230 e. The van der Waals surface area contributed by atoms with Gasteiger partial charge in [0, 0.05) is 19.5 Å². The molecule has 0 aromatic carbocycles. The zero-order chi connectivity index (χ0) is 11.2. The molecule has 0 bridgehead atoms. The van der Waals surface area contributed by atoms with Gasteiger partial charge >= 0.3 is 0 Å². The monoisotopic (exact) mass is 207 g/mol. The highest BCUT2D eigenvalue weighted by Crippen LogP contribution is 2.27. The standard InChI is InChI=1S/C11H17N3O/c1-7-5-6-14-9(3)12-8(2)10(14)13(4)11(7)15/h7H,5-6H2,1-4H3. The summed E-state index contributed by atoms with van der Waals surface area (Å²) in [7, 11) is 1.84. The fourth-order valence-electron chi connectivity index (χ4n) is 2.27. The van der Waals surface area contributed by atoms with E-state index in [1.165, 1.54) is 0 Å². The maximum Gasteiger partial charge on any atom is 0.230 e. The molecule has 0 spiro atoms. The number of fused-ring (bicyclic) bond motifs is 1. The average molecular weight is 207 g/mol. The largest absolute Gasteiger partial charge is 0.315 e. The Kier molecular flexibility index (Phi) is 2.29. The summed E-state index contributed by atoms with van der Waals surface area (Å²) >= 11 is 0. The summed E-state index contributed by atoms with van der Waals surface area (Å²) in [5.41, 5.74) is 0.942. The summed E-state index contributed by atoms with van der Waals surface area (Å²) in [4.78, 5) is 18.1. The predicted molar refractivity (Wildman–Crippen MR) is 58.9 cm³/mol. The first-order valence-electron chi connectivity index (χ1n) is 5.33. The van der Waals surface area contributed by atoms with Gasteiger partial charge in [-0.3, -0.25) is 9.69 Å². The average Bonchev–Trinajstić information content (AvgIpc) is 2.41. The van der Waals surface area contributed by atoms with Crippen molar-refractivity contribution in [3.63, 3.8) is 0 Å². The molecule has 2 heterocycles. The van der Waals surface area contributed by atoms with Gasteiger partial charge in [-0.1, -0.05) is 6.92 Å². The number of carbonyl (C=O) groups excluding carboxylic acids is 1. The molecule has 0 saturated heterocycles. The number of hydrogen-bond acceptors (Lipinski definition) is 2. The SMILES string of the molecule is Cc1nc(C)n2c1N(C)C(=O)C(C)CC2. The quantitative estimate of drug-likeness (QED) is 0.646. The van der Waals surface area contributed by atoms with Gasteiger partial charge < -0.3 is 4.57 Å². The Bertz CT molecular complexity index is 408. The van der Waals surface area contributed by atoms with Gasteiger partial charge in [0.1, 0.15) is 11.6 Å². The molecule has 82 valence electrons. The molecule has 1 aromatic rings. The van der Waals surface area contributed by atoms with E-state index in [4.69, 9.17) is 0 Å². The van der Waals surface area contributed by atoms with E-state index >= 15 is 0 Å². The van der Waals surface area contributed by atoms with Gasteiger partial charge in [0.05, 0.1) is 5.69 Å². The topological polar surface area (TPSA) is 38.1 Å². The van der Waals surface area contributed by atoms with E-state index in [2.05, 4.69) is 9.55 Å². The van der Waals surface area contributed by atoms with Crippen LogP contribution in [0.1, 0.15) is 24.9 Å². The molecule has 1 atom stereocenters. The summed E-state index contributed by atoms with van der Waals surface area (Å²) < 4.78 is 2.14. The number of imidazole rings is 1. The van der Waals surface area contributed by atoms with Gasteiger partial charge in [0.2, 0.25) is 5.91 Å². The molecule has 4 heteroatoms. The van der Waals surface area contributed by atoms with Crippen molar-refractivity contribution in [2.75, 3.05) is 11.9 Å². The van der Waals surface area contributed by atoms with Crippen LogP contribution in [0.5, 0.6) is 0 Å². The number of anilines is 1. The maximum atomic E-state index is 12.0. The van der Waals surface area contributed by atoms with Crippen LogP contribution in [0.2, 0.25) is 0 Å². The summed E-state index contributed by atoms with van der Waals surface area (Å²) in [5.74, 6) is 2.25. The van der Waals surface area contributed by atoms with Crippen LogP contribution in [0, 0.1) is 19.8 Å². The van der Waals surface area contributed by atoms with Crippen LogP contribution in [-0.4, -0.2) is 22.5 Å². The van der Waals surface area contributed by atoms with Gasteiger partial charge in [-0.25, -0.2) is 4.98 Å². The van der Waals surface area contributed by atoms with E-state index in [9.17, 15) is 4.79 Å². The minimum atomic E-state index is 0.105. The third-order valence-corrected chi connectivity index (χ3v) is 3.15. The molecular formula is C11H17N3O. The molecule has 1 aliphatic rings. The van der Waals surface area contributed by atoms with Crippen LogP contribution in [0.4, 0.5) is 5.82 Å². The highest BCUT2D eigenvalue weighted by Gasteiger charge is 2.27. The van der Waals surface area contributed by atoms with Crippen molar-refractivity contribution in [3.05, 3.63) is 11.5 Å². The first-order valence-corrected chi connectivity index (χ1v) is 5.33. The minimum Gasteiger partial charge on any atom is -0.315 e. The van der Waals surface area contributed by atoms with Crippen molar-refractivity contribution < 1.29 is 4.79 Å². The Labute approximate surface area is 89.9 Å². The van der Waals surface area contributed by atoms with Crippen LogP contribution < -0.4 is 4.90 Å². The maximum absolute atomic E-state index is 12.0. The fourth-order valence-corrected chi connectivity index (χ4v) is 2.27. The normalized spacial score (nSPS) is 21.5. The van der Waals surface area contributed by atoms with Crippen LogP contribution in [0.15, 0.2) is 0 Å². The fraction of sp³-hybridized carbons (Fsp3) is 0.636. The molecule has 0 radical (unpaired) electrons. The number of nitrogens with zero attached hydrogens (tertiary/aromatic N) is 3. The lowest BCUT2D eigenvalue weighted by molar-refractivity contribution is -0.121. The molecular weight excluding hydrogens is 190 g/mol. The number of carbonyl (C=O) groups is 1. The zero-order valence-corrected chi connectivity index (χ0v) is 9.74. The van der Waals surface area contributed by atoms with Crippen LogP contribution >= 0.6 is 0 Å². The van der Waals surface area contributed by atoms with Gasteiger partial charge in [-0.05, 0) is 20.3 Å². The lowest BCUT2D eigenvalue weighted by Gasteiger charge is -2.18. The summed E-state index contributed by atoms with van der Waals surface area (Å²) in [6, 6.07) is 0. The Morgan fingerprint density at radius 2 is 2.07 bits per heavy atom. The molecule has 1 amide bonds. The van der Waals surface area contributed by atoms with E-state index in [-0.39, 0.29) is 11.8 Å². The Balaban J connectivity index is 2.54. The molecule has 1 aromatic heterocycles. The summed E-state index contributed by atoms with van der Waals surface area (Å²) in [6.45, 7) is 6.83. The molecule has 1 aliphatic heterocycles. The predicted octanol–water partition coefficient (Wildman–Crippen LogP) is 1.50. The first-order chi connectivity index (χ1) is 7.02. The molecule has 0 N–H and O–H groups in total. The van der Waals surface area contributed by atoms with Crippen molar-refractivity contribution in [2.45, 2.75) is 33.7 Å². The lowest BCUT2D eigenvalue weighted by Crippen LogP contribution is -2.31. The lowest BCUT2D eigenvalue weighted by atomic mass is 10.1. The number of rotatable bonds is 0. The van der Waals surface area contributed by atoms with E-state index < -0.39 is 0 Å². The summed E-state index contributed by atoms with van der Waals surface area (Å²) in [5, 5.41) is 0. The Morgan fingerprint density at radius 1 is 1.40 bits per heavy atom. The number of aryl methyl sites for hydroxylation is 2. The molecule has 1 unspecified atom stereocenters. The summed E-state index contributed by atoms with van der Waals surface area (Å²) in [6.07, 6.45) is 0.896. The van der Waals surface area contributed by atoms with Crippen molar-refractivity contribution >= 4 is 11.7 Å². The first kappa shape index (κ1) is 10.2. The molecule has 0 aliphatic carbocycles. The second kappa shape index (κ2) is 3.36. The molecule has 4 nitrogen and oxygen atoms in total. The van der Waals surface area contributed by atoms with E-state index in [1.807, 2.05) is 27.8 Å². The van der Waals surface area contributed by atoms with Crippen LogP contribution in [0.3, 0.4) is 0 Å². The number of hydrogen-bond donors (Lipinski definition) is 0. The third kappa shape index (κ3) is 1.44. The van der Waals surface area contributed by atoms with Gasteiger partial charge in [-0.2, -0.15) is 0 Å². The molecule has 0 fully saturated rings. The minimum absolute atomic E-state index is 0.105. The van der Waals surface area contributed by atoms with Crippen molar-refractivity contribution in [1.29, 1.82) is 0 Å². The van der Waals surface area contributed by atoms with E-state index in [1.54, 1.807) is 4.90 Å². The molecule has 2 rings (SSSR count). The third-order valence-electron chi connectivity index (χ3n) is 3.15. The zero-order valence-electron chi connectivity index (χ0n) is 9.74. The molecule has 0 saturated carbocycles. The van der Waals surface area contributed by atoms with E-state index in [0.717, 1.165) is 30.3 Å². The van der Waals surface area contributed by atoms with E-state index in [0.29, 0.717) is 0 Å². The highest BCUT2D eigenvalue weighted by atomic mass is 16.2. The molecule has 15 heavy (non-hydrogen) atoms. The van der Waals surface area contributed by atoms with Gasteiger partial charge in [0.25, 0.3) is 0 Å². The van der Waals surface area contributed by atoms with Gasteiger partial charge in [-0.15, -0.1) is 0 Å². The van der Waals surface area contributed by atoms with Crippen LogP contribution in [0.25, 0.3) is 0 Å². The Morgan fingerprint density at radius 3 is 2.73 bits per heavy atom. The Hall–Kier alpha value is -1.32. The second-order valence-electron chi connectivity index (χ2n) is 4.31. The van der Waals surface area contributed by atoms with Gasteiger partial charge in [0.15, 0.2) is 0 Å². The van der Waals surface area contributed by atoms with Crippen molar-refractivity contribution in [2.24, 2.45) is 5.92 Å². The second-order valence-corrected chi connectivity index (χ2v) is 4.31. The highest BCUT2D eigenvalue weighted by molar-refractivity contribution is 5.94. The van der Waals surface area contributed by atoms with Crippen molar-refractivity contribution in [1.82, 2.24) is 9.55 Å².